The Morgan fingerprint density at radius 3 is 1.80 bits per heavy atom. The largest absolute Gasteiger partial charge is 0.490 e. The molecule has 2 N–H and O–H groups in total. The zero-order chi connectivity index (χ0) is 33.6. The number of amides is 1. The van der Waals surface area contributed by atoms with E-state index in [2.05, 4.69) is 35.0 Å². The highest BCUT2D eigenvalue weighted by Gasteiger charge is 2.46. The number of hydrogen-bond acceptors (Lipinski definition) is 6. The summed E-state index contributed by atoms with van der Waals surface area (Å²) in [4.78, 5) is 37.7. The molecule has 0 saturated carbocycles. The molecule has 1 spiro atoms. The molecule has 9 nitrogen and oxygen atoms in total. The Kier molecular flexibility index (Phi) is 11.6. The Bertz CT molecular complexity index is 1310. The van der Waals surface area contributed by atoms with Crippen LogP contribution in [0.15, 0.2) is 42.5 Å². The molecule has 0 bridgehead atoms. The van der Waals surface area contributed by atoms with Gasteiger partial charge in [-0.1, -0.05) is 18.2 Å². The number of piperazine rings is 1. The van der Waals surface area contributed by atoms with Crippen molar-refractivity contribution in [3.63, 3.8) is 0 Å². The summed E-state index contributed by atoms with van der Waals surface area (Å²) in [6.07, 6.45) is -8.32. The first kappa shape index (κ1) is 35.7. The summed E-state index contributed by atoms with van der Waals surface area (Å²) in [5.74, 6) is -5.56. The number of carboxylic acid groups (broad SMARTS) is 2. The molecule has 2 aromatic rings. The molecular formula is C29H32F7N3O6. The van der Waals surface area contributed by atoms with E-state index in [9.17, 15) is 35.5 Å². The van der Waals surface area contributed by atoms with Crippen LogP contribution in [-0.2, 0) is 24.5 Å². The quantitative estimate of drug-likeness (QED) is 0.471. The monoisotopic (exact) mass is 651 g/mol. The number of aliphatic carboxylic acids is 2. The van der Waals surface area contributed by atoms with Gasteiger partial charge < -0.3 is 24.7 Å². The number of benzene rings is 2. The molecule has 248 valence electrons. The topological polar surface area (TPSA) is 111 Å². The van der Waals surface area contributed by atoms with Gasteiger partial charge in [0.2, 0.25) is 5.91 Å². The van der Waals surface area contributed by atoms with Gasteiger partial charge in [0.05, 0.1) is 6.54 Å². The molecule has 16 heteroatoms. The van der Waals surface area contributed by atoms with E-state index in [1.54, 1.807) is 0 Å². The average Bonchev–Trinajstić information content (AvgIpc) is 3.27. The van der Waals surface area contributed by atoms with Crippen LogP contribution in [-0.4, -0.2) is 110 Å². The maximum absolute atomic E-state index is 13.4. The summed E-state index contributed by atoms with van der Waals surface area (Å²) in [6.45, 7) is 6.53. The van der Waals surface area contributed by atoms with Gasteiger partial charge in [-0.25, -0.2) is 14.0 Å². The first-order valence-electron chi connectivity index (χ1n) is 13.7. The standard InChI is InChI=1S/C25H30FN3O2.2C2HF3O2/c1-27-10-12-28(13-11-27)17-24(30)29-18-25(8-14-31-15-9-25)22-16-20(4-7-23(22)29)19-2-5-21(26)6-3-19;2*3-2(4,5)1(6)7/h2-7,16H,8-15,17-18H2,1H3;2*(H,6,7). The molecule has 0 radical (unpaired) electrons. The van der Waals surface area contributed by atoms with E-state index in [1.165, 1.54) is 17.7 Å². The van der Waals surface area contributed by atoms with Gasteiger partial charge in [-0.05, 0) is 60.8 Å². The van der Waals surface area contributed by atoms with Gasteiger partial charge in [-0.15, -0.1) is 0 Å². The van der Waals surface area contributed by atoms with Crippen molar-refractivity contribution < 1.29 is 60.1 Å². The molecule has 2 fully saturated rings. The predicted octanol–water partition coefficient (Wildman–Crippen LogP) is 4.40. The second-order valence-electron chi connectivity index (χ2n) is 10.8. The van der Waals surface area contributed by atoms with Crippen LogP contribution in [0.2, 0.25) is 0 Å². The Hall–Kier alpha value is -3.76. The predicted molar refractivity (Wildman–Crippen MR) is 147 cm³/mol. The summed E-state index contributed by atoms with van der Waals surface area (Å²) < 4.78 is 82.5. The molecule has 5 rings (SSSR count). The van der Waals surface area contributed by atoms with E-state index in [0.29, 0.717) is 6.54 Å². The van der Waals surface area contributed by atoms with Crippen LogP contribution in [0.5, 0.6) is 0 Å². The van der Waals surface area contributed by atoms with Crippen LogP contribution >= 0.6 is 0 Å². The molecule has 3 heterocycles. The molecule has 0 unspecified atom stereocenters. The third-order valence-corrected chi connectivity index (χ3v) is 7.69. The van der Waals surface area contributed by atoms with Gasteiger partial charge in [-0.2, -0.15) is 26.3 Å². The van der Waals surface area contributed by atoms with Crippen molar-refractivity contribution in [1.82, 2.24) is 9.80 Å². The lowest BCUT2D eigenvalue weighted by atomic mass is 9.75. The van der Waals surface area contributed by atoms with Crippen LogP contribution < -0.4 is 4.90 Å². The maximum atomic E-state index is 13.4. The molecule has 3 aliphatic rings. The Morgan fingerprint density at radius 2 is 1.31 bits per heavy atom. The number of carboxylic acids is 2. The zero-order valence-electron chi connectivity index (χ0n) is 24.1. The smallest absolute Gasteiger partial charge is 0.475 e. The summed E-state index contributed by atoms with van der Waals surface area (Å²) >= 11 is 0. The Labute approximate surface area is 253 Å². The normalized spacial score (nSPS) is 18.3. The molecule has 1 amide bonds. The van der Waals surface area contributed by atoms with E-state index in [4.69, 9.17) is 24.5 Å². The van der Waals surface area contributed by atoms with Crippen molar-refractivity contribution in [2.75, 3.05) is 64.4 Å². The number of anilines is 1. The maximum Gasteiger partial charge on any atom is 0.490 e. The second-order valence-corrected chi connectivity index (χ2v) is 10.8. The van der Waals surface area contributed by atoms with Crippen molar-refractivity contribution in [1.29, 1.82) is 0 Å². The number of rotatable bonds is 3. The number of alkyl halides is 6. The van der Waals surface area contributed by atoms with Gasteiger partial charge >= 0.3 is 24.3 Å². The lowest BCUT2D eigenvalue weighted by Crippen LogP contribution is -2.49. The fourth-order valence-corrected chi connectivity index (χ4v) is 5.19. The summed E-state index contributed by atoms with van der Waals surface area (Å²) in [7, 11) is 2.13. The number of likely N-dealkylation sites (N-methyl/N-ethyl adjacent to an activating group) is 1. The van der Waals surface area contributed by atoms with Crippen LogP contribution in [0.1, 0.15) is 18.4 Å². The van der Waals surface area contributed by atoms with Gasteiger partial charge in [0.25, 0.3) is 0 Å². The van der Waals surface area contributed by atoms with Crippen LogP contribution in [0.3, 0.4) is 0 Å². The number of hydrogen-bond donors (Lipinski definition) is 2. The van der Waals surface area contributed by atoms with Crippen molar-refractivity contribution in [2.24, 2.45) is 0 Å². The number of nitrogens with zero attached hydrogens (tertiary/aromatic N) is 3. The summed E-state index contributed by atoms with van der Waals surface area (Å²) in [5, 5.41) is 14.2. The molecule has 0 aromatic heterocycles. The second kappa shape index (κ2) is 14.6. The van der Waals surface area contributed by atoms with Gasteiger partial charge in [-0.3, -0.25) is 9.69 Å². The highest BCUT2D eigenvalue weighted by Crippen LogP contribution is 2.48. The first-order chi connectivity index (χ1) is 20.9. The number of fused-ring (bicyclic) bond motifs is 2. The van der Waals surface area contributed by atoms with Gasteiger partial charge in [0.1, 0.15) is 5.82 Å². The molecule has 0 aliphatic carbocycles. The third-order valence-electron chi connectivity index (χ3n) is 7.69. The minimum atomic E-state index is -5.08. The lowest BCUT2D eigenvalue weighted by molar-refractivity contribution is -0.193. The zero-order valence-corrected chi connectivity index (χ0v) is 24.1. The van der Waals surface area contributed by atoms with E-state index in [-0.39, 0.29) is 17.1 Å². The van der Waals surface area contributed by atoms with E-state index in [0.717, 1.165) is 75.6 Å². The fourth-order valence-electron chi connectivity index (χ4n) is 5.19. The number of carbonyl (C=O) groups excluding carboxylic acids is 1. The van der Waals surface area contributed by atoms with Crippen LogP contribution in [0.4, 0.5) is 36.4 Å². The van der Waals surface area contributed by atoms with Crippen LogP contribution in [0, 0.1) is 5.82 Å². The van der Waals surface area contributed by atoms with Crippen molar-refractivity contribution in [3.05, 3.63) is 53.8 Å². The first-order valence-corrected chi connectivity index (χ1v) is 13.7. The lowest BCUT2D eigenvalue weighted by Gasteiger charge is -2.35. The van der Waals surface area contributed by atoms with Crippen molar-refractivity contribution >= 4 is 23.5 Å². The minimum Gasteiger partial charge on any atom is -0.475 e. The molecule has 45 heavy (non-hydrogen) atoms. The highest BCUT2D eigenvalue weighted by molar-refractivity contribution is 5.98. The summed E-state index contributed by atoms with van der Waals surface area (Å²) in [6, 6.07) is 13.0. The van der Waals surface area contributed by atoms with Crippen LogP contribution in [0.25, 0.3) is 11.1 Å². The van der Waals surface area contributed by atoms with Crippen molar-refractivity contribution in [3.8, 4) is 11.1 Å². The van der Waals surface area contributed by atoms with Crippen molar-refractivity contribution in [2.45, 2.75) is 30.6 Å². The van der Waals surface area contributed by atoms with Gasteiger partial charge in [0.15, 0.2) is 0 Å². The molecular weight excluding hydrogens is 619 g/mol. The van der Waals surface area contributed by atoms with E-state index < -0.39 is 24.3 Å². The number of halogens is 7. The Morgan fingerprint density at radius 1 is 0.822 bits per heavy atom. The minimum absolute atomic E-state index is 0.0542. The molecule has 2 saturated heterocycles. The average molecular weight is 652 g/mol. The highest BCUT2D eigenvalue weighted by atomic mass is 19.4. The molecule has 0 atom stereocenters. The summed E-state index contributed by atoms with van der Waals surface area (Å²) in [5.41, 5.74) is 4.28. The number of carbonyl (C=O) groups is 3. The molecule has 2 aromatic carbocycles. The number of ether oxygens (including phenoxy) is 1. The van der Waals surface area contributed by atoms with Gasteiger partial charge in [0, 0.05) is 57.0 Å². The fraction of sp³-hybridized carbons (Fsp3) is 0.483. The molecule has 3 aliphatic heterocycles. The van der Waals surface area contributed by atoms with E-state index in [1.807, 2.05) is 17.0 Å². The SMILES string of the molecule is CN1CCN(CC(=O)N2CC3(CCOCC3)c3cc(-c4ccc(F)cc4)ccc32)CC1.O=C(O)C(F)(F)F.O=C(O)C(F)(F)F. The van der Waals surface area contributed by atoms with E-state index >= 15 is 0 Å². The third kappa shape index (κ3) is 9.61. The Balaban J connectivity index is 0.000000331.